The molecule has 5 rings (SSSR count). The maximum absolute atomic E-state index is 13.0. The zero-order valence-corrected chi connectivity index (χ0v) is 19.3. The van der Waals surface area contributed by atoms with Crippen molar-refractivity contribution in [3.8, 4) is 5.82 Å². The van der Waals surface area contributed by atoms with Gasteiger partial charge in [0.05, 0.1) is 0 Å². The second-order valence-electron chi connectivity index (χ2n) is 8.72. The summed E-state index contributed by atoms with van der Waals surface area (Å²) in [5.74, 6) is 1.04. The van der Waals surface area contributed by atoms with Gasteiger partial charge in [-0.05, 0) is 63.9 Å². The number of benzene rings is 1. The Balaban J connectivity index is 0.00000245. The molecule has 3 N–H and O–H groups in total. The Labute approximate surface area is 191 Å². The van der Waals surface area contributed by atoms with Gasteiger partial charge in [0.25, 0.3) is 5.56 Å². The quantitative estimate of drug-likeness (QED) is 0.436. The number of hydrogen-bond donors (Lipinski definition) is 3. The lowest BCUT2D eigenvalue weighted by Crippen LogP contribution is -2.42. The SMILES string of the molecule is CC(C)n1c(=O)c2cnc(Nc3ccc4c(c3)CCNC4(C)C)nc2n1-c1cc[nH]n1.Cl. The zero-order valence-electron chi connectivity index (χ0n) is 18.5. The minimum atomic E-state index is -0.136. The summed E-state index contributed by atoms with van der Waals surface area (Å²) in [6.07, 6.45) is 4.28. The molecule has 9 nitrogen and oxygen atoms in total. The summed E-state index contributed by atoms with van der Waals surface area (Å²) in [4.78, 5) is 22.1. The molecule has 4 heterocycles. The lowest BCUT2D eigenvalue weighted by molar-refractivity contribution is 0.382. The first-order chi connectivity index (χ1) is 14.8. The van der Waals surface area contributed by atoms with Gasteiger partial charge in [0.2, 0.25) is 5.95 Å². The van der Waals surface area contributed by atoms with Gasteiger partial charge in [-0.3, -0.25) is 9.89 Å². The van der Waals surface area contributed by atoms with Crippen LogP contribution in [0.3, 0.4) is 0 Å². The maximum Gasteiger partial charge on any atom is 0.278 e. The first-order valence-electron chi connectivity index (χ1n) is 10.5. The number of aromatic nitrogens is 6. The highest BCUT2D eigenvalue weighted by atomic mass is 35.5. The standard InChI is InChI=1S/C22H26N8O.ClH/c1-13(2)29-20(31)16-12-23-21(27-19(16)30(29)18-8-10-25-28-18)26-15-5-6-17-14(11-15)7-9-24-22(17,3)4;/h5-6,8,10-13,24H,7,9H2,1-4H3,(H,25,28)(H,23,26,27);1H. The molecule has 0 saturated heterocycles. The molecule has 0 bridgehead atoms. The van der Waals surface area contributed by atoms with Gasteiger partial charge in [-0.1, -0.05) is 6.07 Å². The van der Waals surface area contributed by atoms with Gasteiger partial charge in [-0.2, -0.15) is 10.1 Å². The van der Waals surface area contributed by atoms with Gasteiger partial charge < -0.3 is 10.6 Å². The van der Waals surface area contributed by atoms with E-state index in [-0.39, 0.29) is 29.5 Å². The Bertz CT molecular complexity index is 1320. The van der Waals surface area contributed by atoms with Crippen LogP contribution >= 0.6 is 12.4 Å². The van der Waals surface area contributed by atoms with E-state index in [0.29, 0.717) is 22.8 Å². The monoisotopic (exact) mass is 454 g/mol. The van der Waals surface area contributed by atoms with E-state index in [0.717, 1.165) is 18.7 Å². The molecule has 0 unspecified atom stereocenters. The predicted molar refractivity (Wildman–Crippen MR) is 127 cm³/mol. The van der Waals surface area contributed by atoms with Gasteiger partial charge >= 0.3 is 0 Å². The fourth-order valence-corrected chi connectivity index (χ4v) is 4.34. The molecule has 1 aliphatic heterocycles. The van der Waals surface area contributed by atoms with Crippen LogP contribution in [0.4, 0.5) is 11.6 Å². The highest BCUT2D eigenvalue weighted by molar-refractivity contribution is 5.85. The number of fused-ring (bicyclic) bond motifs is 2. The van der Waals surface area contributed by atoms with Crippen LogP contribution in [0.25, 0.3) is 16.9 Å². The van der Waals surface area contributed by atoms with Crippen molar-refractivity contribution in [1.82, 2.24) is 34.8 Å². The smallest absolute Gasteiger partial charge is 0.278 e. The number of halogens is 1. The molecule has 0 fully saturated rings. The molecule has 3 aromatic heterocycles. The van der Waals surface area contributed by atoms with Crippen LogP contribution < -0.4 is 16.2 Å². The number of anilines is 2. The van der Waals surface area contributed by atoms with Crippen molar-refractivity contribution in [3.05, 3.63) is 58.1 Å². The zero-order chi connectivity index (χ0) is 21.8. The van der Waals surface area contributed by atoms with E-state index in [9.17, 15) is 4.79 Å². The number of nitrogens with zero attached hydrogens (tertiary/aromatic N) is 5. The number of H-pyrrole nitrogens is 1. The summed E-state index contributed by atoms with van der Waals surface area (Å²) < 4.78 is 3.39. The average molecular weight is 455 g/mol. The lowest BCUT2D eigenvalue weighted by Gasteiger charge is -2.34. The van der Waals surface area contributed by atoms with Crippen LogP contribution in [0.15, 0.2) is 41.5 Å². The summed E-state index contributed by atoms with van der Waals surface area (Å²) in [6, 6.07) is 8.10. The molecule has 1 aliphatic rings. The summed E-state index contributed by atoms with van der Waals surface area (Å²) in [5, 5.41) is 14.4. The Morgan fingerprint density at radius 2 is 2.03 bits per heavy atom. The van der Waals surface area contributed by atoms with Gasteiger partial charge in [0, 0.05) is 35.7 Å². The van der Waals surface area contributed by atoms with Gasteiger partial charge in [-0.15, -0.1) is 12.4 Å². The largest absolute Gasteiger partial charge is 0.324 e. The van der Waals surface area contributed by atoms with Crippen molar-refractivity contribution >= 4 is 35.1 Å². The van der Waals surface area contributed by atoms with Crippen molar-refractivity contribution in [1.29, 1.82) is 0 Å². The molecule has 0 radical (unpaired) electrons. The number of hydrogen-bond acceptors (Lipinski definition) is 6. The molecular weight excluding hydrogens is 428 g/mol. The lowest BCUT2D eigenvalue weighted by atomic mass is 9.85. The highest BCUT2D eigenvalue weighted by Crippen LogP contribution is 2.30. The molecule has 0 saturated carbocycles. The van der Waals surface area contributed by atoms with E-state index in [1.807, 2.05) is 26.0 Å². The Morgan fingerprint density at radius 3 is 2.75 bits per heavy atom. The van der Waals surface area contributed by atoms with Crippen LogP contribution in [0.2, 0.25) is 0 Å². The normalized spacial score (nSPS) is 14.9. The van der Waals surface area contributed by atoms with E-state index in [4.69, 9.17) is 0 Å². The van der Waals surface area contributed by atoms with Crippen LogP contribution in [-0.4, -0.2) is 36.1 Å². The molecule has 168 valence electrons. The van der Waals surface area contributed by atoms with Crippen molar-refractivity contribution < 1.29 is 0 Å². The molecule has 0 amide bonds. The fraction of sp³-hybridized carbons (Fsp3) is 0.364. The first kappa shape index (κ1) is 22.0. The molecule has 0 spiro atoms. The first-order valence-corrected chi connectivity index (χ1v) is 10.5. The fourth-order valence-electron chi connectivity index (χ4n) is 4.34. The predicted octanol–water partition coefficient (Wildman–Crippen LogP) is 3.43. The summed E-state index contributed by atoms with van der Waals surface area (Å²) >= 11 is 0. The molecule has 32 heavy (non-hydrogen) atoms. The van der Waals surface area contributed by atoms with Crippen molar-refractivity contribution in [3.63, 3.8) is 0 Å². The van der Waals surface area contributed by atoms with E-state index in [2.05, 4.69) is 56.8 Å². The van der Waals surface area contributed by atoms with E-state index in [1.165, 1.54) is 11.1 Å². The van der Waals surface area contributed by atoms with E-state index < -0.39 is 0 Å². The summed E-state index contributed by atoms with van der Waals surface area (Å²) in [5.41, 5.74) is 3.89. The van der Waals surface area contributed by atoms with E-state index in [1.54, 1.807) is 21.8 Å². The van der Waals surface area contributed by atoms with E-state index >= 15 is 0 Å². The Morgan fingerprint density at radius 1 is 1.22 bits per heavy atom. The van der Waals surface area contributed by atoms with Crippen LogP contribution in [0.1, 0.15) is 44.9 Å². The van der Waals surface area contributed by atoms with Gasteiger partial charge in [0.1, 0.15) is 5.39 Å². The topological polar surface area (TPSA) is 105 Å². The second kappa shape index (κ2) is 8.07. The van der Waals surface area contributed by atoms with Crippen molar-refractivity contribution in [2.45, 2.75) is 45.7 Å². The second-order valence-corrected chi connectivity index (χ2v) is 8.72. The number of aromatic amines is 1. The number of rotatable bonds is 4. The third kappa shape index (κ3) is 3.57. The average Bonchev–Trinajstić information content (AvgIpc) is 3.34. The highest BCUT2D eigenvalue weighted by Gasteiger charge is 2.26. The third-order valence-corrected chi connectivity index (χ3v) is 5.81. The van der Waals surface area contributed by atoms with Gasteiger partial charge in [-0.25, -0.2) is 14.3 Å². The van der Waals surface area contributed by atoms with Crippen LogP contribution in [0.5, 0.6) is 0 Å². The third-order valence-electron chi connectivity index (χ3n) is 5.81. The minimum absolute atomic E-state index is 0. The summed E-state index contributed by atoms with van der Waals surface area (Å²) in [7, 11) is 0. The Hall–Kier alpha value is -3.17. The van der Waals surface area contributed by atoms with Gasteiger partial charge in [0.15, 0.2) is 11.5 Å². The molecule has 0 atom stereocenters. The molecule has 4 aromatic rings. The minimum Gasteiger partial charge on any atom is -0.324 e. The molecule has 10 heteroatoms. The maximum atomic E-state index is 13.0. The van der Waals surface area contributed by atoms with Crippen molar-refractivity contribution in [2.75, 3.05) is 11.9 Å². The number of nitrogens with one attached hydrogen (secondary N) is 3. The Kier molecular flexibility index (Phi) is 5.56. The van der Waals surface area contributed by atoms with Crippen molar-refractivity contribution in [2.24, 2.45) is 0 Å². The molecule has 1 aromatic carbocycles. The summed E-state index contributed by atoms with van der Waals surface area (Å²) in [6.45, 7) is 9.26. The molecular formula is C22H27ClN8O. The molecule has 0 aliphatic carbocycles. The van der Waals surface area contributed by atoms with Crippen LogP contribution in [0, 0.1) is 0 Å². The van der Waals surface area contributed by atoms with Crippen LogP contribution in [-0.2, 0) is 12.0 Å².